The molecule has 0 amide bonds. The van der Waals surface area contributed by atoms with Crippen molar-refractivity contribution in [1.29, 1.82) is 0 Å². The van der Waals surface area contributed by atoms with Crippen LogP contribution in [0.15, 0.2) is 0 Å². The van der Waals surface area contributed by atoms with Gasteiger partial charge >= 0.3 is 0 Å². The maximum Gasteiger partial charge on any atom is 0.201 e. The maximum absolute atomic E-state index is 10.7. The van der Waals surface area contributed by atoms with E-state index in [9.17, 15) is 4.91 Å². The van der Waals surface area contributed by atoms with E-state index in [0.717, 1.165) is 30.6 Å². The van der Waals surface area contributed by atoms with Crippen molar-refractivity contribution in [1.82, 2.24) is 0 Å². The van der Waals surface area contributed by atoms with Gasteiger partial charge in [-0.2, -0.15) is 0 Å². The molecule has 0 aromatic rings. The zero-order chi connectivity index (χ0) is 5.98. The Morgan fingerprint density at radius 1 is 1.75 bits per heavy atom. The lowest BCUT2D eigenvalue weighted by Crippen LogP contribution is -2.14. The van der Waals surface area contributed by atoms with E-state index >= 15 is 0 Å². The summed E-state index contributed by atoms with van der Waals surface area (Å²) in [5.74, 6) is 0. The summed E-state index contributed by atoms with van der Waals surface area (Å²) in [7, 11) is 0. The van der Waals surface area contributed by atoms with Crippen molar-refractivity contribution in [2.75, 3.05) is 6.54 Å². The predicted molar refractivity (Wildman–Crippen MR) is 31.5 cm³/mol. The predicted octanol–water partition coefficient (Wildman–Crippen LogP) is 1.15. The van der Waals surface area contributed by atoms with Crippen molar-refractivity contribution < 1.29 is 4.76 Å². The minimum absolute atomic E-state index is 0.231. The molecule has 8 heavy (non-hydrogen) atoms. The minimum atomic E-state index is 0.231. The number of hydrogen-bond acceptors (Lipinski definition) is 1. The number of rotatable bonds is 1. The Bertz CT molecular complexity index is 101. The van der Waals surface area contributed by atoms with Crippen LogP contribution in [-0.2, 0) is 0 Å². The normalized spacial score (nSPS) is 29.1. The van der Waals surface area contributed by atoms with E-state index in [4.69, 9.17) is 0 Å². The van der Waals surface area contributed by atoms with E-state index in [1.165, 1.54) is 0 Å². The van der Waals surface area contributed by atoms with Crippen LogP contribution in [0.25, 0.3) is 0 Å². The van der Waals surface area contributed by atoms with Crippen molar-refractivity contribution in [3.8, 4) is 0 Å². The Morgan fingerprint density at radius 3 is 2.75 bits per heavy atom. The first-order valence-corrected chi connectivity index (χ1v) is 3.07. The first-order chi connectivity index (χ1) is 3.84. The van der Waals surface area contributed by atoms with Gasteiger partial charge in [-0.1, -0.05) is 0 Å². The molecular weight excluding hydrogens is 102 g/mol. The first kappa shape index (κ1) is 5.73. The summed E-state index contributed by atoms with van der Waals surface area (Å²) in [6.07, 6.45) is 2.88. The zero-order valence-electron chi connectivity index (χ0n) is 4.97. The largest absolute Gasteiger partial charge is 0.201 e. The molecule has 0 saturated carbocycles. The molecule has 1 heterocycles. The van der Waals surface area contributed by atoms with Crippen molar-refractivity contribution >= 4 is 0 Å². The molecule has 1 atom stereocenters. The smallest absolute Gasteiger partial charge is 0.0466 e. The third-order valence-corrected chi connectivity index (χ3v) is 1.66. The fourth-order valence-electron chi connectivity index (χ4n) is 1.10. The van der Waals surface area contributed by atoms with Crippen LogP contribution >= 0.6 is 0 Å². The topological polar surface area (TPSA) is 20.1 Å². The Kier molecular flexibility index (Phi) is 1.61. The molecule has 1 saturated heterocycles. The standard InChI is InChI=1S/C6H11NO/c1-2-6-4-3-5-7(6)8/h6H,1-5H2/q+1. The van der Waals surface area contributed by atoms with Crippen LogP contribution in [-0.4, -0.2) is 17.3 Å². The van der Waals surface area contributed by atoms with Gasteiger partial charge in [0.25, 0.3) is 0 Å². The average Bonchev–Trinajstić information content (AvgIpc) is 2.14. The fraction of sp³-hybridized carbons (Fsp3) is 0.833. The van der Waals surface area contributed by atoms with Crippen LogP contribution in [0.4, 0.5) is 0 Å². The number of nitrogens with zero attached hydrogens (tertiary/aromatic N) is 1. The van der Waals surface area contributed by atoms with Crippen LogP contribution < -0.4 is 0 Å². The molecule has 0 aliphatic carbocycles. The minimum Gasteiger partial charge on any atom is -0.0466 e. The van der Waals surface area contributed by atoms with Gasteiger partial charge in [-0.05, 0) is 6.92 Å². The van der Waals surface area contributed by atoms with Crippen LogP contribution in [0.1, 0.15) is 19.3 Å². The van der Waals surface area contributed by atoms with Gasteiger partial charge in [0.2, 0.25) is 6.04 Å². The molecule has 0 aromatic carbocycles. The Hall–Kier alpha value is -0.400. The van der Waals surface area contributed by atoms with Gasteiger partial charge in [0.15, 0.2) is 6.54 Å². The second-order valence-corrected chi connectivity index (χ2v) is 2.23. The summed E-state index contributed by atoms with van der Waals surface area (Å²) >= 11 is 0. The molecular formula is C6H11NO+. The number of hydrogen-bond donors (Lipinski definition) is 0. The maximum atomic E-state index is 10.7. The third kappa shape index (κ3) is 0.881. The number of nitroso groups, excluding NO2 is 1. The van der Waals surface area contributed by atoms with Gasteiger partial charge in [0.05, 0.1) is 0 Å². The SMILES string of the molecule is [CH2]CC1CCC[N+]1=O. The molecule has 0 aromatic heterocycles. The summed E-state index contributed by atoms with van der Waals surface area (Å²) in [5.41, 5.74) is 0. The van der Waals surface area contributed by atoms with Crippen LogP contribution in [0.3, 0.4) is 0 Å². The second-order valence-electron chi connectivity index (χ2n) is 2.23. The molecule has 1 aliphatic rings. The lowest BCUT2D eigenvalue weighted by Gasteiger charge is -1.91. The van der Waals surface area contributed by atoms with Crippen molar-refractivity contribution in [3.63, 3.8) is 0 Å². The van der Waals surface area contributed by atoms with Gasteiger partial charge in [-0.15, -0.1) is 0 Å². The molecule has 1 rings (SSSR count). The van der Waals surface area contributed by atoms with Gasteiger partial charge < -0.3 is 0 Å². The molecule has 1 unspecified atom stereocenters. The van der Waals surface area contributed by atoms with Gasteiger partial charge in [-0.3, -0.25) is 0 Å². The lowest BCUT2D eigenvalue weighted by molar-refractivity contribution is -0.563. The van der Waals surface area contributed by atoms with E-state index in [1.807, 2.05) is 0 Å². The summed E-state index contributed by atoms with van der Waals surface area (Å²) in [6, 6.07) is 0.231. The molecule has 2 heteroatoms. The highest BCUT2D eigenvalue weighted by Crippen LogP contribution is 2.13. The molecule has 1 aliphatic heterocycles. The zero-order valence-corrected chi connectivity index (χ0v) is 4.97. The van der Waals surface area contributed by atoms with Gasteiger partial charge in [0, 0.05) is 28.9 Å². The Morgan fingerprint density at radius 2 is 2.50 bits per heavy atom. The van der Waals surface area contributed by atoms with Crippen LogP contribution in [0.2, 0.25) is 0 Å². The van der Waals surface area contributed by atoms with E-state index in [2.05, 4.69) is 6.92 Å². The van der Waals surface area contributed by atoms with E-state index in [-0.39, 0.29) is 6.04 Å². The fourth-order valence-corrected chi connectivity index (χ4v) is 1.10. The van der Waals surface area contributed by atoms with Crippen molar-refractivity contribution in [3.05, 3.63) is 11.8 Å². The lowest BCUT2D eigenvalue weighted by atomic mass is 10.2. The highest BCUT2D eigenvalue weighted by atomic mass is 16.3. The average molecular weight is 113 g/mol. The van der Waals surface area contributed by atoms with Crippen LogP contribution in [0, 0.1) is 11.8 Å². The molecule has 0 N–H and O–H groups in total. The first-order valence-electron chi connectivity index (χ1n) is 3.07. The highest BCUT2D eigenvalue weighted by Gasteiger charge is 2.29. The molecule has 1 radical (unpaired) electrons. The Balaban J connectivity index is 2.42. The molecule has 1 fully saturated rings. The summed E-state index contributed by atoms with van der Waals surface area (Å²) < 4.78 is 1.15. The van der Waals surface area contributed by atoms with E-state index in [1.54, 1.807) is 0 Å². The summed E-state index contributed by atoms with van der Waals surface area (Å²) in [4.78, 5) is 10.7. The summed E-state index contributed by atoms with van der Waals surface area (Å²) in [6.45, 7) is 4.40. The quantitative estimate of drug-likeness (QED) is 0.467. The van der Waals surface area contributed by atoms with Crippen molar-refractivity contribution in [2.45, 2.75) is 25.3 Å². The van der Waals surface area contributed by atoms with E-state index < -0.39 is 0 Å². The van der Waals surface area contributed by atoms with Crippen LogP contribution in [0.5, 0.6) is 0 Å². The molecule has 45 valence electrons. The van der Waals surface area contributed by atoms with Gasteiger partial charge in [0.1, 0.15) is 0 Å². The second kappa shape index (κ2) is 2.25. The molecule has 2 nitrogen and oxygen atoms in total. The van der Waals surface area contributed by atoms with Crippen molar-refractivity contribution in [2.24, 2.45) is 0 Å². The highest BCUT2D eigenvalue weighted by molar-refractivity contribution is 4.62. The van der Waals surface area contributed by atoms with E-state index in [0.29, 0.717) is 0 Å². The summed E-state index contributed by atoms with van der Waals surface area (Å²) in [5, 5.41) is 0. The molecule has 0 spiro atoms. The molecule has 0 bridgehead atoms. The third-order valence-electron chi connectivity index (χ3n) is 1.66. The monoisotopic (exact) mass is 113 g/mol. The Labute approximate surface area is 49.5 Å². The van der Waals surface area contributed by atoms with Gasteiger partial charge in [-0.25, -0.2) is 0 Å².